The molecule has 2 rings (SSSR count). The molecule has 2 aromatic rings. The molecule has 0 saturated carbocycles. The van der Waals surface area contributed by atoms with Gasteiger partial charge in [0.25, 0.3) is 5.91 Å². The first-order valence-electron chi connectivity index (χ1n) is 9.63. The molecule has 29 heavy (non-hydrogen) atoms. The Balaban J connectivity index is 0.00000204. The summed E-state index contributed by atoms with van der Waals surface area (Å²) in [5.41, 5.74) is 3.55. The lowest BCUT2D eigenvalue weighted by Gasteiger charge is -2.10. The van der Waals surface area contributed by atoms with Crippen LogP contribution in [0.15, 0.2) is 42.5 Å². The molecule has 0 aromatic heterocycles. The second-order valence-electron chi connectivity index (χ2n) is 5.81. The van der Waals surface area contributed by atoms with E-state index in [1.807, 2.05) is 51.2 Å². The molecule has 0 atom stereocenters. The van der Waals surface area contributed by atoms with Crippen LogP contribution in [-0.4, -0.2) is 40.2 Å². The van der Waals surface area contributed by atoms with Crippen LogP contribution in [0.3, 0.4) is 0 Å². The number of carbonyl (C=O) groups is 1. The summed E-state index contributed by atoms with van der Waals surface area (Å²) in [6.45, 7) is 5.29. The number of benzene rings is 2. The first kappa shape index (κ1) is 23.7. The van der Waals surface area contributed by atoms with Gasteiger partial charge in [-0.2, -0.15) is 5.26 Å². The van der Waals surface area contributed by atoms with E-state index < -0.39 is 0 Å². The van der Waals surface area contributed by atoms with Gasteiger partial charge in [-0.15, -0.1) is 0 Å². The number of nitrogens with one attached hydrogen (secondary N) is 3. The maximum atomic E-state index is 12.0. The zero-order chi connectivity index (χ0) is 21.6. The number of amides is 1. The van der Waals surface area contributed by atoms with Gasteiger partial charge in [0, 0.05) is 43.0 Å². The Labute approximate surface area is 173 Å². The van der Waals surface area contributed by atoms with E-state index in [1.165, 1.54) is 0 Å². The first-order valence-corrected chi connectivity index (χ1v) is 9.63. The fourth-order valence-electron chi connectivity index (χ4n) is 2.56. The average Bonchev–Trinajstić information content (AvgIpc) is 2.79. The molecule has 0 unspecified atom stereocenters. The molecule has 0 aliphatic rings. The minimum absolute atomic E-state index is 0.117. The fraction of sp³-hybridized carbons (Fsp3) is 0.304. The minimum Gasteiger partial charge on any atom is -0.497 e. The van der Waals surface area contributed by atoms with Gasteiger partial charge < -0.3 is 20.7 Å². The Kier molecular flexibility index (Phi) is 10.6. The van der Waals surface area contributed by atoms with E-state index in [9.17, 15) is 10.1 Å². The van der Waals surface area contributed by atoms with E-state index in [4.69, 9.17) is 4.74 Å². The van der Waals surface area contributed by atoms with Crippen LogP contribution in [0.5, 0.6) is 5.75 Å². The number of hydrogen-bond acceptors (Lipinski definition) is 5. The Morgan fingerprint density at radius 3 is 2.34 bits per heavy atom. The number of carbonyl (C=O) groups excluding carboxylic acids is 1. The minimum atomic E-state index is -0.117. The Morgan fingerprint density at radius 2 is 1.79 bits per heavy atom. The van der Waals surface area contributed by atoms with E-state index in [1.54, 1.807) is 32.4 Å². The Hall–Kier alpha value is -3.30. The SMILES string of the molecule is CC.CNCCNC(=O)c1ccc(/C=C(\C#N)c2ccc(OC)cc2NC)cc1. The summed E-state index contributed by atoms with van der Waals surface area (Å²) in [5, 5.41) is 18.5. The van der Waals surface area contributed by atoms with Gasteiger partial charge in [0.15, 0.2) is 0 Å². The zero-order valence-electron chi connectivity index (χ0n) is 17.8. The van der Waals surface area contributed by atoms with Crippen LogP contribution in [0.4, 0.5) is 5.69 Å². The topological polar surface area (TPSA) is 86.2 Å². The van der Waals surface area contributed by atoms with Gasteiger partial charge in [-0.1, -0.05) is 26.0 Å². The van der Waals surface area contributed by atoms with Crippen LogP contribution in [-0.2, 0) is 0 Å². The molecule has 0 aliphatic heterocycles. The highest BCUT2D eigenvalue weighted by Gasteiger charge is 2.09. The molecule has 3 N–H and O–H groups in total. The zero-order valence-corrected chi connectivity index (χ0v) is 17.8. The van der Waals surface area contributed by atoms with Crippen molar-refractivity contribution in [1.82, 2.24) is 10.6 Å². The summed E-state index contributed by atoms with van der Waals surface area (Å²) in [7, 11) is 5.24. The maximum absolute atomic E-state index is 12.0. The lowest BCUT2D eigenvalue weighted by molar-refractivity contribution is 0.0954. The number of nitriles is 1. The molecule has 2 aromatic carbocycles. The second-order valence-corrected chi connectivity index (χ2v) is 5.81. The molecule has 0 saturated heterocycles. The van der Waals surface area contributed by atoms with Gasteiger partial charge in [-0.3, -0.25) is 4.79 Å². The normalized spacial score (nSPS) is 10.3. The third-order valence-electron chi connectivity index (χ3n) is 4.05. The lowest BCUT2D eigenvalue weighted by Crippen LogP contribution is -2.30. The first-order chi connectivity index (χ1) is 14.1. The van der Waals surface area contributed by atoms with Gasteiger partial charge in [0.2, 0.25) is 0 Å². The third kappa shape index (κ3) is 6.98. The van der Waals surface area contributed by atoms with Gasteiger partial charge in [0.1, 0.15) is 5.75 Å². The molecule has 154 valence electrons. The van der Waals surface area contributed by atoms with Gasteiger partial charge in [0.05, 0.1) is 18.8 Å². The number of anilines is 1. The summed E-state index contributed by atoms with van der Waals surface area (Å²) >= 11 is 0. The molecular formula is C23H30N4O2. The summed E-state index contributed by atoms with van der Waals surface area (Å²) < 4.78 is 5.23. The second kappa shape index (κ2) is 13.0. The molecule has 6 heteroatoms. The van der Waals surface area contributed by atoms with Crippen molar-refractivity contribution < 1.29 is 9.53 Å². The standard InChI is InChI=1S/C21H24N4O2.C2H6/c1-23-10-11-25-21(26)16-6-4-15(5-7-16)12-17(14-22)19-9-8-18(27-3)13-20(19)24-2;1-2/h4-9,12-13,23-24H,10-11H2,1-3H3,(H,25,26);1-2H3/b17-12+;. The predicted molar refractivity (Wildman–Crippen MR) is 120 cm³/mol. The highest BCUT2D eigenvalue weighted by atomic mass is 16.5. The van der Waals surface area contributed by atoms with Crippen molar-refractivity contribution in [2.45, 2.75) is 13.8 Å². The molecule has 0 fully saturated rings. The smallest absolute Gasteiger partial charge is 0.251 e. The molecule has 0 radical (unpaired) electrons. The number of allylic oxidation sites excluding steroid dienone is 1. The van der Waals surface area contributed by atoms with E-state index >= 15 is 0 Å². The van der Waals surface area contributed by atoms with Crippen molar-refractivity contribution in [3.8, 4) is 11.8 Å². The number of nitrogens with zero attached hydrogens (tertiary/aromatic N) is 1. The largest absolute Gasteiger partial charge is 0.497 e. The van der Waals surface area contributed by atoms with E-state index in [2.05, 4.69) is 22.0 Å². The molecule has 0 spiro atoms. The van der Waals surface area contributed by atoms with Crippen molar-refractivity contribution in [2.24, 2.45) is 0 Å². The summed E-state index contributed by atoms with van der Waals surface area (Å²) in [4.78, 5) is 12.0. The average molecular weight is 395 g/mol. The molecule has 0 heterocycles. The monoisotopic (exact) mass is 394 g/mol. The Bertz CT molecular complexity index is 852. The van der Waals surface area contributed by atoms with E-state index in [-0.39, 0.29) is 5.91 Å². The number of ether oxygens (including phenoxy) is 1. The van der Waals surface area contributed by atoms with E-state index in [0.29, 0.717) is 30.0 Å². The number of methoxy groups -OCH3 is 1. The molecule has 1 amide bonds. The van der Waals surface area contributed by atoms with Crippen molar-refractivity contribution in [3.63, 3.8) is 0 Å². The van der Waals surface area contributed by atoms with Crippen LogP contribution in [0, 0.1) is 11.3 Å². The summed E-state index contributed by atoms with van der Waals surface area (Å²) in [6.07, 6.45) is 1.80. The van der Waals surface area contributed by atoms with E-state index in [0.717, 1.165) is 16.8 Å². The van der Waals surface area contributed by atoms with Crippen LogP contribution in [0.25, 0.3) is 11.6 Å². The molecule has 0 aliphatic carbocycles. The molecule has 6 nitrogen and oxygen atoms in total. The van der Waals surface area contributed by atoms with Crippen LogP contribution in [0.2, 0.25) is 0 Å². The highest BCUT2D eigenvalue weighted by molar-refractivity contribution is 5.96. The quantitative estimate of drug-likeness (QED) is 0.360. The fourth-order valence-corrected chi connectivity index (χ4v) is 2.56. The van der Waals surface area contributed by atoms with Crippen molar-refractivity contribution in [3.05, 3.63) is 59.2 Å². The van der Waals surface area contributed by atoms with Gasteiger partial charge in [-0.25, -0.2) is 0 Å². The predicted octanol–water partition coefficient (Wildman–Crippen LogP) is 3.78. The van der Waals surface area contributed by atoms with Crippen molar-refractivity contribution in [2.75, 3.05) is 39.6 Å². The van der Waals surface area contributed by atoms with Crippen molar-refractivity contribution >= 4 is 23.2 Å². The Morgan fingerprint density at radius 1 is 1.10 bits per heavy atom. The summed E-state index contributed by atoms with van der Waals surface area (Å²) in [5.74, 6) is 0.600. The van der Waals surface area contributed by atoms with Gasteiger partial charge >= 0.3 is 0 Å². The molecular weight excluding hydrogens is 364 g/mol. The van der Waals surface area contributed by atoms with Crippen LogP contribution < -0.4 is 20.7 Å². The molecule has 0 bridgehead atoms. The van der Waals surface area contributed by atoms with Crippen molar-refractivity contribution in [1.29, 1.82) is 5.26 Å². The maximum Gasteiger partial charge on any atom is 0.251 e. The number of hydrogen-bond donors (Lipinski definition) is 3. The van der Waals surface area contributed by atoms with Crippen LogP contribution >= 0.6 is 0 Å². The number of rotatable bonds is 8. The summed E-state index contributed by atoms with van der Waals surface area (Å²) in [6, 6.07) is 14.9. The van der Waals surface area contributed by atoms with Gasteiger partial charge in [-0.05, 0) is 43.0 Å². The third-order valence-corrected chi connectivity index (χ3v) is 4.05. The number of likely N-dealkylation sites (N-methyl/N-ethyl adjacent to an activating group) is 1. The van der Waals surface area contributed by atoms with Crippen LogP contribution in [0.1, 0.15) is 35.3 Å². The highest BCUT2D eigenvalue weighted by Crippen LogP contribution is 2.29. The lowest BCUT2D eigenvalue weighted by atomic mass is 10.0.